The third-order valence-corrected chi connectivity index (χ3v) is 8.14. The highest BCUT2D eigenvalue weighted by molar-refractivity contribution is 7.91. The zero-order chi connectivity index (χ0) is 20.5. The van der Waals surface area contributed by atoms with Crippen LogP contribution in [0.3, 0.4) is 0 Å². The zero-order valence-corrected chi connectivity index (χ0v) is 17.4. The average molecular weight is 426 g/mol. The van der Waals surface area contributed by atoms with Gasteiger partial charge in [-0.05, 0) is 32.4 Å². The number of carbonyl (C=O) groups is 1. The van der Waals surface area contributed by atoms with Crippen molar-refractivity contribution in [2.24, 2.45) is 0 Å². The molecule has 0 bridgehead atoms. The highest BCUT2D eigenvalue weighted by Gasteiger charge is 2.31. The van der Waals surface area contributed by atoms with Crippen LogP contribution in [-0.2, 0) is 24.5 Å². The predicted molar refractivity (Wildman–Crippen MR) is 106 cm³/mol. The van der Waals surface area contributed by atoms with E-state index in [0.717, 1.165) is 5.56 Å². The summed E-state index contributed by atoms with van der Waals surface area (Å²) in [5.41, 5.74) is 1.60. The second kappa shape index (κ2) is 7.67. The first kappa shape index (κ1) is 20.5. The van der Waals surface area contributed by atoms with E-state index in [1.807, 2.05) is 6.92 Å². The van der Waals surface area contributed by atoms with Crippen molar-refractivity contribution >= 4 is 31.4 Å². The first-order chi connectivity index (χ1) is 13.1. The fourth-order valence-electron chi connectivity index (χ4n) is 3.15. The number of aryl methyl sites for hydroxylation is 2. The molecule has 0 spiro atoms. The Hall–Kier alpha value is -2.20. The second-order valence-electron chi connectivity index (χ2n) is 7.10. The lowest BCUT2D eigenvalue weighted by atomic mass is 10.2. The highest BCUT2D eigenvalue weighted by atomic mass is 32.2. The Bertz CT molecular complexity index is 1090. The van der Waals surface area contributed by atoms with Crippen molar-refractivity contribution in [2.45, 2.75) is 37.6 Å². The number of carbonyl (C=O) groups excluding carboxylic acids is 1. The first-order valence-corrected chi connectivity index (χ1v) is 12.4. The molecule has 0 saturated carbocycles. The molecule has 8 nitrogen and oxygen atoms in total. The first-order valence-electron chi connectivity index (χ1n) is 8.92. The number of aromatic nitrogens is 2. The quantitative estimate of drug-likeness (QED) is 0.753. The van der Waals surface area contributed by atoms with E-state index < -0.39 is 25.6 Å². The monoisotopic (exact) mass is 425 g/mol. The minimum Gasteiger partial charge on any atom is -0.311 e. The van der Waals surface area contributed by atoms with Gasteiger partial charge < -0.3 is 5.32 Å². The average Bonchev–Trinajstić information content (AvgIpc) is 3.15. The molecule has 1 fully saturated rings. The number of rotatable bonds is 6. The number of nitrogens with zero attached hydrogens (tertiary/aromatic N) is 2. The third-order valence-electron chi connectivity index (χ3n) is 4.66. The molecule has 1 aromatic carbocycles. The molecule has 10 heteroatoms. The van der Waals surface area contributed by atoms with Gasteiger partial charge in [-0.1, -0.05) is 17.7 Å². The Balaban J connectivity index is 1.66. The predicted octanol–water partition coefficient (Wildman–Crippen LogP) is 1.66. The van der Waals surface area contributed by atoms with E-state index in [2.05, 4.69) is 10.4 Å². The molecule has 28 heavy (non-hydrogen) atoms. The third kappa shape index (κ3) is 4.79. The van der Waals surface area contributed by atoms with Crippen molar-refractivity contribution in [2.75, 3.05) is 22.6 Å². The number of hydrogen-bond acceptors (Lipinski definition) is 6. The molecule has 1 atom stereocenters. The summed E-state index contributed by atoms with van der Waals surface area (Å²) in [6, 6.07) is 7.80. The summed E-state index contributed by atoms with van der Waals surface area (Å²) < 4.78 is 49.8. The van der Waals surface area contributed by atoms with Crippen molar-refractivity contribution < 1.29 is 21.6 Å². The van der Waals surface area contributed by atoms with Crippen molar-refractivity contribution in [1.29, 1.82) is 0 Å². The maximum atomic E-state index is 12.4. The molecule has 1 N–H and O–H groups in total. The summed E-state index contributed by atoms with van der Waals surface area (Å²) in [6.45, 7) is 3.61. The fraction of sp³-hybridized carbons (Fsp3) is 0.444. The van der Waals surface area contributed by atoms with Crippen LogP contribution in [-0.4, -0.2) is 49.8 Å². The van der Waals surface area contributed by atoms with Crippen molar-refractivity contribution in [3.63, 3.8) is 0 Å². The summed E-state index contributed by atoms with van der Waals surface area (Å²) in [4.78, 5) is 12.5. The summed E-state index contributed by atoms with van der Waals surface area (Å²) in [5.74, 6) is -0.306. The zero-order valence-electron chi connectivity index (χ0n) is 15.8. The van der Waals surface area contributed by atoms with Crippen LogP contribution >= 0.6 is 0 Å². The Morgan fingerprint density at radius 2 is 1.93 bits per heavy atom. The molecule has 1 aromatic heterocycles. The molecule has 1 saturated heterocycles. The number of hydrogen-bond donors (Lipinski definition) is 1. The summed E-state index contributed by atoms with van der Waals surface area (Å²) >= 11 is 0. The van der Waals surface area contributed by atoms with Gasteiger partial charge >= 0.3 is 0 Å². The van der Waals surface area contributed by atoms with Gasteiger partial charge in [0, 0.05) is 12.5 Å². The van der Waals surface area contributed by atoms with Crippen LogP contribution in [0.4, 0.5) is 5.82 Å². The van der Waals surface area contributed by atoms with Gasteiger partial charge in [-0.3, -0.25) is 4.79 Å². The lowest BCUT2D eigenvalue weighted by Gasteiger charge is -2.14. The number of nitrogens with one attached hydrogen (secondary N) is 1. The van der Waals surface area contributed by atoms with E-state index in [-0.39, 0.29) is 34.6 Å². The smallest absolute Gasteiger partial charge is 0.226 e. The van der Waals surface area contributed by atoms with Gasteiger partial charge in [0.2, 0.25) is 5.91 Å². The minimum absolute atomic E-state index is 0.0151. The molecule has 0 aliphatic carbocycles. The normalized spacial score (nSPS) is 18.9. The molecule has 3 rings (SSSR count). The molecule has 2 heterocycles. The molecule has 1 unspecified atom stereocenters. The maximum Gasteiger partial charge on any atom is 0.226 e. The molecule has 2 aromatic rings. The number of benzene rings is 1. The van der Waals surface area contributed by atoms with E-state index in [0.29, 0.717) is 17.9 Å². The lowest BCUT2D eigenvalue weighted by molar-refractivity contribution is -0.115. The van der Waals surface area contributed by atoms with Gasteiger partial charge in [0.05, 0.1) is 33.9 Å². The summed E-state index contributed by atoms with van der Waals surface area (Å²) in [5, 5.41) is 6.97. The van der Waals surface area contributed by atoms with E-state index >= 15 is 0 Å². The van der Waals surface area contributed by atoms with Crippen molar-refractivity contribution in [3.05, 3.63) is 41.6 Å². The molecular weight excluding hydrogens is 402 g/mol. The van der Waals surface area contributed by atoms with Gasteiger partial charge in [-0.15, -0.1) is 0 Å². The molecule has 1 aliphatic heterocycles. The minimum atomic E-state index is -3.56. The van der Waals surface area contributed by atoms with Crippen LogP contribution in [0.1, 0.15) is 30.1 Å². The second-order valence-corrected chi connectivity index (χ2v) is 11.4. The molecular formula is C18H23N3O5S2. The van der Waals surface area contributed by atoms with Gasteiger partial charge in [0.15, 0.2) is 19.7 Å². The van der Waals surface area contributed by atoms with Gasteiger partial charge in [-0.25, -0.2) is 21.5 Å². The molecule has 1 aliphatic rings. The Kier molecular flexibility index (Phi) is 5.62. The number of amides is 1. The Morgan fingerprint density at radius 3 is 2.54 bits per heavy atom. The van der Waals surface area contributed by atoms with E-state index in [9.17, 15) is 21.6 Å². The molecule has 1 amide bonds. The highest BCUT2D eigenvalue weighted by Crippen LogP contribution is 2.27. The molecule has 152 valence electrons. The Labute approximate surface area is 164 Å². The van der Waals surface area contributed by atoms with E-state index in [1.54, 1.807) is 25.1 Å². The van der Waals surface area contributed by atoms with Crippen molar-refractivity contribution in [1.82, 2.24) is 9.78 Å². The summed E-state index contributed by atoms with van der Waals surface area (Å²) in [7, 11) is -6.66. The summed E-state index contributed by atoms with van der Waals surface area (Å²) in [6.07, 6.45) is 0.234. The van der Waals surface area contributed by atoms with Gasteiger partial charge in [0.25, 0.3) is 0 Å². The van der Waals surface area contributed by atoms with Crippen LogP contribution in [0, 0.1) is 13.8 Å². The van der Waals surface area contributed by atoms with Crippen LogP contribution in [0.15, 0.2) is 35.2 Å². The van der Waals surface area contributed by atoms with Crippen LogP contribution in [0.2, 0.25) is 0 Å². The van der Waals surface area contributed by atoms with Crippen molar-refractivity contribution in [3.8, 4) is 0 Å². The van der Waals surface area contributed by atoms with Gasteiger partial charge in [-0.2, -0.15) is 5.10 Å². The standard InChI is InChI=1S/C18H23N3O5S2/c1-13-3-5-16(6-4-13)28(25,26)10-8-18(22)19-17-11-14(2)20-21(17)15-7-9-27(23,24)12-15/h3-6,11,15H,7-10,12H2,1-2H3,(H,19,22). The number of anilines is 1. The number of sulfone groups is 2. The van der Waals surface area contributed by atoms with E-state index in [4.69, 9.17) is 0 Å². The van der Waals surface area contributed by atoms with Crippen LogP contribution in [0.25, 0.3) is 0 Å². The fourth-order valence-corrected chi connectivity index (χ4v) is 6.09. The molecule has 0 radical (unpaired) electrons. The lowest BCUT2D eigenvalue weighted by Crippen LogP contribution is -2.21. The topological polar surface area (TPSA) is 115 Å². The maximum absolute atomic E-state index is 12.4. The largest absolute Gasteiger partial charge is 0.311 e. The van der Waals surface area contributed by atoms with Crippen LogP contribution in [0.5, 0.6) is 0 Å². The van der Waals surface area contributed by atoms with Gasteiger partial charge in [0.1, 0.15) is 5.82 Å². The van der Waals surface area contributed by atoms with Crippen LogP contribution < -0.4 is 5.32 Å². The SMILES string of the molecule is Cc1ccc(S(=O)(=O)CCC(=O)Nc2cc(C)nn2C2CCS(=O)(=O)C2)cc1. The Morgan fingerprint density at radius 1 is 1.25 bits per heavy atom. The van der Waals surface area contributed by atoms with E-state index in [1.165, 1.54) is 16.8 Å².